The summed E-state index contributed by atoms with van der Waals surface area (Å²) < 4.78 is 10.6. The number of nitrogens with one attached hydrogen (secondary N) is 1. The van der Waals surface area contributed by atoms with Gasteiger partial charge in [-0.25, -0.2) is 14.6 Å². The van der Waals surface area contributed by atoms with Crippen LogP contribution in [0.25, 0.3) is 0 Å². The quantitative estimate of drug-likeness (QED) is 0.275. The van der Waals surface area contributed by atoms with Crippen LogP contribution < -0.4 is 14.8 Å². The number of pyridine rings is 1. The summed E-state index contributed by atoms with van der Waals surface area (Å²) in [5.41, 5.74) is 2.71. The number of aliphatic carboxylic acids is 2. The Balaban J connectivity index is 0.000000569. The monoisotopic (exact) mass is 469 g/mol. The van der Waals surface area contributed by atoms with Gasteiger partial charge in [-0.2, -0.15) is 0 Å². The van der Waals surface area contributed by atoms with Gasteiger partial charge in [0, 0.05) is 29.8 Å². The van der Waals surface area contributed by atoms with Crippen molar-refractivity contribution in [3.8, 4) is 11.5 Å². The molecule has 3 N–H and O–H groups in total. The lowest BCUT2D eigenvalue weighted by atomic mass is 10.3. The van der Waals surface area contributed by atoms with Gasteiger partial charge in [0.1, 0.15) is 11.5 Å². The van der Waals surface area contributed by atoms with Gasteiger partial charge in [0.25, 0.3) is 0 Å². The molecule has 0 fully saturated rings. The van der Waals surface area contributed by atoms with Crippen LogP contribution in [0.2, 0.25) is 0 Å². The molecular weight excluding hydrogens is 446 g/mol. The fourth-order valence-electron chi connectivity index (χ4n) is 2.34. The van der Waals surface area contributed by atoms with Gasteiger partial charge in [0.05, 0.1) is 25.6 Å². The van der Waals surface area contributed by atoms with Crippen LogP contribution in [-0.2, 0) is 15.3 Å². The highest BCUT2D eigenvalue weighted by molar-refractivity contribution is 8.13. The smallest absolute Gasteiger partial charge is 0.414 e. The average Bonchev–Trinajstić information content (AvgIpc) is 2.83. The summed E-state index contributed by atoms with van der Waals surface area (Å²) in [6.45, 7) is 0. The molecule has 0 saturated heterocycles. The van der Waals surface area contributed by atoms with Gasteiger partial charge in [-0.3, -0.25) is 4.98 Å². The summed E-state index contributed by atoms with van der Waals surface area (Å²) in [6.07, 6.45) is 1.80. The van der Waals surface area contributed by atoms with E-state index >= 15 is 0 Å². The van der Waals surface area contributed by atoms with Crippen molar-refractivity contribution in [1.29, 1.82) is 0 Å². The molecule has 0 atom stereocenters. The number of anilines is 1. The molecule has 0 saturated carbocycles. The second-order valence-corrected chi connectivity index (χ2v) is 7.16. The number of aromatic nitrogens is 1. The molecule has 0 aliphatic heterocycles. The fourth-order valence-corrected chi connectivity index (χ4v) is 3.16. The molecule has 10 heteroatoms. The maximum absolute atomic E-state index is 9.10. The van der Waals surface area contributed by atoms with Gasteiger partial charge in [-0.15, -0.1) is 0 Å². The molecule has 1 heterocycles. The number of amidine groups is 1. The van der Waals surface area contributed by atoms with E-state index in [0.29, 0.717) is 5.75 Å². The first-order valence-electron chi connectivity index (χ1n) is 9.54. The molecular formula is C23H23N3O6S. The zero-order chi connectivity index (χ0) is 24.1. The number of rotatable bonds is 6. The topological polar surface area (TPSA) is 130 Å². The molecule has 33 heavy (non-hydrogen) atoms. The van der Waals surface area contributed by atoms with E-state index in [4.69, 9.17) is 34.3 Å². The van der Waals surface area contributed by atoms with Crippen LogP contribution in [0.3, 0.4) is 0 Å². The van der Waals surface area contributed by atoms with Crippen molar-refractivity contribution < 1.29 is 29.3 Å². The first kappa shape index (κ1) is 25.2. The number of ether oxygens (including phenoxy) is 2. The molecule has 0 radical (unpaired) electrons. The Hall–Kier alpha value is -4.05. The molecule has 172 valence electrons. The highest BCUT2D eigenvalue weighted by Crippen LogP contribution is 2.24. The number of aliphatic imine (C=N–C) groups is 1. The zero-order valence-electron chi connectivity index (χ0n) is 18.0. The predicted octanol–water partition coefficient (Wildman–Crippen LogP) is 4.29. The molecule has 2 aromatic carbocycles. The fraction of sp³-hybridized carbons (Fsp3) is 0.130. The lowest BCUT2D eigenvalue weighted by Gasteiger charge is -2.11. The number of carbonyl (C=O) groups is 2. The normalized spacial score (nSPS) is 10.4. The Morgan fingerprint density at radius 1 is 0.939 bits per heavy atom. The van der Waals surface area contributed by atoms with Crippen LogP contribution in [-0.4, -0.2) is 46.5 Å². The van der Waals surface area contributed by atoms with Crippen LogP contribution in [0.15, 0.2) is 77.9 Å². The maximum Gasteiger partial charge on any atom is 0.414 e. The van der Waals surface area contributed by atoms with Crippen LogP contribution in [0.4, 0.5) is 11.4 Å². The zero-order valence-corrected chi connectivity index (χ0v) is 18.8. The summed E-state index contributed by atoms with van der Waals surface area (Å²) in [6, 6.07) is 21.3. The number of hydrogen-bond acceptors (Lipinski definition) is 7. The molecule has 0 bridgehead atoms. The number of nitrogens with zero attached hydrogens (tertiary/aromatic N) is 2. The van der Waals surface area contributed by atoms with Crippen LogP contribution in [0, 0.1) is 0 Å². The van der Waals surface area contributed by atoms with Gasteiger partial charge >= 0.3 is 11.9 Å². The van der Waals surface area contributed by atoms with E-state index in [2.05, 4.69) is 10.3 Å². The highest BCUT2D eigenvalue weighted by Gasteiger charge is 2.06. The van der Waals surface area contributed by atoms with Gasteiger partial charge in [-0.1, -0.05) is 30.0 Å². The van der Waals surface area contributed by atoms with Crippen molar-refractivity contribution in [2.45, 2.75) is 5.75 Å². The lowest BCUT2D eigenvalue weighted by molar-refractivity contribution is -0.159. The number of carboxylic acids is 2. The second-order valence-electron chi connectivity index (χ2n) is 6.20. The molecule has 1 aromatic heterocycles. The van der Waals surface area contributed by atoms with E-state index in [0.717, 1.165) is 33.7 Å². The first-order valence-corrected chi connectivity index (χ1v) is 10.5. The maximum atomic E-state index is 9.10. The van der Waals surface area contributed by atoms with Gasteiger partial charge < -0.3 is 25.0 Å². The standard InChI is InChI=1S/C21H21N3O2S.C2H2O4/c1-25-19-10-5-8-16(13-19)23-21(27-15-18-7-3-4-12-22-18)24-17-9-6-11-20(14-17)26-2;3-1(4)2(5)6/h3-14H,15H2,1-2H3,(H,23,24);(H,3,4)(H,5,6). The lowest BCUT2D eigenvalue weighted by Crippen LogP contribution is -2.09. The second kappa shape index (κ2) is 13.4. The van der Waals surface area contributed by atoms with Gasteiger partial charge in [-0.05, 0) is 36.4 Å². The van der Waals surface area contributed by atoms with Crippen molar-refractivity contribution >= 4 is 40.2 Å². The van der Waals surface area contributed by atoms with Crippen molar-refractivity contribution in [3.63, 3.8) is 0 Å². The molecule has 0 spiro atoms. The minimum Gasteiger partial charge on any atom is -0.497 e. The summed E-state index contributed by atoms with van der Waals surface area (Å²) in [4.78, 5) is 27.3. The third-order valence-corrected chi connectivity index (χ3v) is 4.78. The Labute approximate surface area is 195 Å². The molecule has 0 aliphatic carbocycles. The molecule has 9 nitrogen and oxygen atoms in total. The van der Waals surface area contributed by atoms with Crippen LogP contribution in [0.5, 0.6) is 11.5 Å². The Bertz CT molecular complexity index is 1080. The van der Waals surface area contributed by atoms with Crippen LogP contribution >= 0.6 is 11.8 Å². The van der Waals surface area contributed by atoms with E-state index in [1.54, 1.807) is 32.2 Å². The summed E-state index contributed by atoms with van der Waals surface area (Å²) >= 11 is 1.59. The van der Waals surface area contributed by atoms with E-state index in [1.165, 1.54) is 0 Å². The largest absolute Gasteiger partial charge is 0.497 e. The predicted molar refractivity (Wildman–Crippen MR) is 128 cm³/mol. The summed E-state index contributed by atoms with van der Waals surface area (Å²) in [5, 5.41) is 18.9. The van der Waals surface area contributed by atoms with E-state index < -0.39 is 11.9 Å². The highest BCUT2D eigenvalue weighted by atomic mass is 32.2. The summed E-state index contributed by atoms with van der Waals surface area (Å²) in [7, 11) is 3.30. The minimum atomic E-state index is -1.82. The number of methoxy groups -OCH3 is 2. The van der Waals surface area contributed by atoms with Crippen molar-refractivity contribution in [2.24, 2.45) is 4.99 Å². The molecule has 0 aliphatic rings. The van der Waals surface area contributed by atoms with Crippen molar-refractivity contribution in [2.75, 3.05) is 19.5 Å². The van der Waals surface area contributed by atoms with Crippen molar-refractivity contribution in [3.05, 3.63) is 78.6 Å². The molecule has 0 unspecified atom stereocenters. The van der Waals surface area contributed by atoms with Gasteiger partial charge in [0.2, 0.25) is 0 Å². The van der Waals surface area contributed by atoms with E-state index in [9.17, 15) is 0 Å². The minimum absolute atomic E-state index is 0.709. The third kappa shape index (κ3) is 9.32. The number of benzene rings is 2. The molecule has 3 aromatic rings. The Kier molecular flexibility index (Phi) is 10.2. The molecule has 0 amide bonds. The van der Waals surface area contributed by atoms with E-state index in [1.807, 2.05) is 66.7 Å². The number of hydrogen-bond donors (Lipinski definition) is 3. The average molecular weight is 470 g/mol. The Morgan fingerprint density at radius 2 is 1.61 bits per heavy atom. The summed E-state index contributed by atoms with van der Waals surface area (Å²) in [5.74, 6) is -1.38. The number of thioether (sulfide) groups is 1. The van der Waals surface area contributed by atoms with E-state index in [-0.39, 0.29) is 0 Å². The van der Waals surface area contributed by atoms with Crippen LogP contribution in [0.1, 0.15) is 5.69 Å². The first-order chi connectivity index (χ1) is 15.9. The SMILES string of the molecule is COc1cccc(N=C(Nc2cccc(OC)c2)SCc2ccccn2)c1.O=C(O)C(=O)O. The Morgan fingerprint density at radius 3 is 2.21 bits per heavy atom. The van der Waals surface area contributed by atoms with Crippen molar-refractivity contribution in [1.82, 2.24) is 4.98 Å². The number of carboxylic acid groups (broad SMARTS) is 2. The van der Waals surface area contributed by atoms with Gasteiger partial charge in [0.15, 0.2) is 5.17 Å². The third-order valence-electron chi connectivity index (χ3n) is 3.87. The molecule has 3 rings (SSSR count).